The van der Waals surface area contributed by atoms with Gasteiger partial charge in [0, 0.05) is 11.8 Å². The highest BCUT2D eigenvalue weighted by Crippen LogP contribution is 2.56. The van der Waals surface area contributed by atoms with E-state index in [2.05, 4.69) is 6.58 Å². The Morgan fingerprint density at radius 2 is 2.17 bits per heavy atom. The van der Waals surface area contributed by atoms with Gasteiger partial charge in [0.05, 0.1) is 0 Å². The molecule has 0 radical (unpaired) electrons. The fraction of sp³-hybridized carbons (Fsp3) is 0.700. The second-order valence-electron chi connectivity index (χ2n) is 4.49. The first kappa shape index (κ1) is 7.99. The van der Waals surface area contributed by atoms with Crippen LogP contribution in [0, 0.1) is 17.3 Å². The molecule has 2 saturated carbocycles. The molecule has 66 valence electrons. The molecule has 0 saturated heterocycles. The average molecular weight is 166 g/mol. The van der Waals surface area contributed by atoms with Crippen LogP contribution in [0.5, 0.6) is 0 Å². The zero-order chi connectivity index (χ0) is 9.09. The van der Waals surface area contributed by atoms with E-state index in [1.807, 2.05) is 13.8 Å². The third kappa shape index (κ3) is 0.667. The van der Waals surface area contributed by atoms with Gasteiger partial charge in [0.15, 0.2) is 5.78 Å². The fourth-order valence-corrected chi connectivity index (χ4v) is 2.59. The van der Waals surface area contributed by atoms with Crippen LogP contribution in [0.2, 0.25) is 0 Å². The molecular weight excluding hydrogens is 152 g/mol. The lowest BCUT2D eigenvalue weighted by atomic mass is 9.72. The van der Waals surface area contributed by atoms with Crippen LogP contribution >= 0.6 is 0 Å². The minimum Gasteiger partial charge on any atom is -0.385 e. The summed E-state index contributed by atoms with van der Waals surface area (Å²) in [7, 11) is 0. The number of Topliss-reactive ketones (excluding diaryl/α,β-unsaturated/α-hetero) is 1. The largest absolute Gasteiger partial charge is 0.385 e. The quantitative estimate of drug-likeness (QED) is 0.548. The Labute approximate surface area is 72.3 Å². The second kappa shape index (κ2) is 1.99. The van der Waals surface area contributed by atoms with Crippen molar-refractivity contribution >= 4 is 5.78 Å². The molecule has 0 unspecified atom stereocenters. The number of carbonyl (C=O) groups is 1. The van der Waals surface area contributed by atoms with Crippen molar-refractivity contribution in [2.24, 2.45) is 17.3 Å². The Balaban J connectivity index is 2.42. The highest BCUT2D eigenvalue weighted by molar-refractivity contribution is 5.91. The van der Waals surface area contributed by atoms with E-state index >= 15 is 0 Å². The molecule has 0 aromatic carbocycles. The van der Waals surface area contributed by atoms with Gasteiger partial charge in [0.1, 0.15) is 6.10 Å². The van der Waals surface area contributed by atoms with Crippen molar-refractivity contribution in [2.45, 2.75) is 26.4 Å². The van der Waals surface area contributed by atoms with Crippen molar-refractivity contribution in [1.29, 1.82) is 0 Å². The summed E-state index contributed by atoms with van der Waals surface area (Å²) in [5, 5.41) is 9.48. The Bertz CT molecular complexity index is 265. The standard InChI is InChI=1S/C10H14O2/c1-5-6-4-7(10(5,2)3)9(12)8(6)11/h6-8,11H,1,4H2,2-3H3/t6-,7-,8-/m1/s1. The molecule has 0 aliphatic heterocycles. The Morgan fingerprint density at radius 3 is 2.58 bits per heavy atom. The van der Waals surface area contributed by atoms with E-state index in [0.717, 1.165) is 12.0 Å². The number of carbonyl (C=O) groups excluding carboxylic acids is 1. The van der Waals surface area contributed by atoms with Gasteiger partial charge < -0.3 is 5.11 Å². The van der Waals surface area contributed by atoms with Gasteiger partial charge in [-0.1, -0.05) is 26.0 Å². The van der Waals surface area contributed by atoms with E-state index in [4.69, 9.17) is 0 Å². The Kier molecular flexibility index (Phi) is 1.33. The number of ketones is 1. The first-order valence-electron chi connectivity index (χ1n) is 4.37. The van der Waals surface area contributed by atoms with Gasteiger partial charge in [0.2, 0.25) is 0 Å². The van der Waals surface area contributed by atoms with Crippen LogP contribution in [0.25, 0.3) is 0 Å². The zero-order valence-electron chi connectivity index (χ0n) is 7.50. The molecule has 2 aliphatic rings. The maximum atomic E-state index is 11.4. The van der Waals surface area contributed by atoms with Gasteiger partial charge in [-0.15, -0.1) is 0 Å². The fourth-order valence-electron chi connectivity index (χ4n) is 2.59. The van der Waals surface area contributed by atoms with Gasteiger partial charge in [-0.05, 0) is 11.8 Å². The number of rotatable bonds is 0. The van der Waals surface area contributed by atoms with Crippen molar-refractivity contribution in [1.82, 2.24) is 0 Å². The van der Waals surface area contributed by atoms with Crippen molar-refractivity contribution in [3.8, 4) is 0 Å². The molecule has 2 fully saturated rings. The summed E-state index contributed by atoms with van der Waals surface area (Å²) in [5.41, 5.74) is 0.973. The molecule has 2 aliphatic carbocycles. The predicted molar refractivity (Wildman–Crippen MR) is 45.5 cm³/mol. The minimum absolute atomic E-state index is 0.0185. The lowest BCUT2D eigenvalue weighted by Gasteiger charge is -2.33. The SMILES string of the molecule is C=C1[C@H]2C[C@H](C(=O)[C@@H]2O)C1(C)C. The van der Waals surface area contributed by atoms with Gasteiger partial charge in [-0.2, -0.15) is 0 Å². The molecule has 0 amide bonds. The van der Waals surface area contributed by atoms with E-state index in [1.54, 1.807) is 0 Å². The van der Waals surface area contributed by atoms with Crippen LogP contribution < -0.4 is 0 Å². The summed E-state index contributed by atoms with van der Waals surface area (Å²) in [6, 6.07) is 0. The summed E-state index contributed by atoms with van der Waals surface area (Å²) >= 11 is 0. The maximum absolute atomic E-state index is 11.4. The summed E-state index contributed by atoms with van der Waals surface area (Å²) in [6.45, 7) is 8.05. The molecular formula is C10H14O2. The number of hydrogen-bond acceptors (Lipinski definition) is 2. The molecule has 0 aromatic heterocycles. The molecule has 2 bridgehead atoms. The molecule has 0 heterocycles. The summed E-state index contributed by atoms with van der Waals surface area (Å²) in [6.07, 6.45) is 0.0572. The van der Waals surface area contributed by atoms with Crippen molar-refractivity contribution in [3.63, 3.8) is 0 Å². The average Bonchev–Trinajstić information content (AvgIpc) is 2.38. The van der Waals surface area contributed by atoms with E-state index in [-0.39, 0.29) is 23.0 Å². The lowest BCUT2D eigenvalue weighted by Crippen LogP contribution is -2.38. The smallest absolute Gasteiger partial charge is 0.165 e. The topological polar surface area (TPSA) is 37.3 Å². The summed E-state index contributed by atoms with van der Waals surface area (Å²) in [5.74, 6) is 0.0832. The predicted octanol–water partition coefficient (Wildman–Crippen LogP) is 1.15. The summed E-state index contributed by atoms with van der Waals surface area (Å²) in [4.78, 5) is 11.4. The first-order chi connectivity index (χ1) is 5.46. The second-order valence-corrected chi connectivity index (χ2v) is 4.49. The highest BCUT2D eigenvalue weighted by Gasteiger charge is 2.57. The van der Waals surface area contributed by atoms with Gasteiger partial charge in [0.25, 0.3) is 0 Å². The van der Waals surface area contributed by atoms with Crippen molar-refractivity contribution in [3.05, 3.63) is 12.2 Å². The van der Waals surface area contributed by atoms with E-state index in [0.29, 0.717) is 0 Å². The lowest BCUT2D eigenvalue weighted by molar-refractivity contribution is -0.132. The molecule has 0 aromatic rings. The Hall–Kier alpha value is -0.630. The first-order valence-corrected chi connectivity index (χ1v) is 4.37. The van der Waals surface area contributed by atoms with Gasteiger partial charge in [-0.25, -0.2) is 0 Å². The third-order valence-corrected chi connectivity index (χ3v) is 3.65. The number of aliphatic hydroxyl groups excluding tert-OH is 1. The molecule has 3 atom stereocenters. The molecule has 12 heavy (non-hydrogen) atoms. The molecule has 2 nitrogen and oxygen atoms in total. The maximum Gasteiger partial charge on any atom is 0.165 e. The van der Waals surface area contributed by atoms with Crippen molar-refractivity contribution < 1.29 is 9.90 Å². The molecule has 2 rings (SSSR count). The molecule has 2 heteroatoms. The third-order valence-electron chi connectivity index (χ3n) is 3.65. The molecule has 0 spiro atoms. The van der Waals surface area contributed by atoms with Crippen LogP contribution in [0.3, 0.4) is 0 Å². The number of hydrogen-bond donors (Lipinski definition) is 1. The number of aliphatic hydroxyl groups is 1. The van der Waals surface area contributed by atoms with E-state index in [9.17, 15) is 9.90 Å². The highest BCUT2D eigenvalue weighted by atomic mass is 16.3. The van der Waals surface area contributed by atoms with Gasteiger partial charge in [-0.3, -0.25) is 4.79 Å². The Morgan fingerprint density at radius 1 is 1.58 bits per heavy atom. The van der Waals surface area contributed by atoms with Crippen molar-refractivity contribution in [2.75, 3.05) is 0 Å². The van der Waals surface area contributed by atoms with E-state index in [1.165, 1.54) is 0 Å². The van der Waals surface area contributed by atoms with E-state index < -0.39 is 6.10 Å². The van der Waals surface area contributed by atoms with Crippen LogP contribution in [-0.4, -0.2) is 17.0 Å². The normalized spacial score (nSPS) is 44.1. The monoisotopic (exact) mass is 166 g/mol. The minimum atomic E-state index is -0.754. The van der Waals surface area contributed by atoms with Crippen LogP contribution in [-0.2, 0) is 4.79 Å². The molecule has 1 N–H and O–H groups in total. The number of fused-ring (bicyclic) bond motifs is 2. The zero-order valence-corrected chi connectivity index (χ0v) is 7.50. The van der Waals surface area contributed by atoms with Gasteiger partial charge >= 0.3 is 0 Å². The van der Waals surface area contributed by atoms with Crippen LogP contribution in [0.1, 0.15) is 20.3 Å². The van der Waals surface area contributed by atoms with Crippen LogP contribution in [0.15, 0.2) is 12.2 Å². The van der Waals surface area contributed by atoms with Crippen LogP contribution in [0.4, 0.5) is 0 Å². The summed E-state index contributed by atoms with van der Waals surface area (Å²) < 4.78 is 0.